The highest BCUT2D eigenvalue weighted by molar-refractivity contribution is 14.1. The van der Waals surface area contributed by atoms with Crippen molar-refractivity contribution in [3.63, 3.8) is 0 Å². The summed E-state index contributed by atoms with van der Waals surface area (Å²) in [7, 11) is 0. The third kappa shape index (κ3) is 3.28. The van der Waals surface area contributed by atoms with Crippen LogP contribution in [0.2, 0.25) is 0 Å². The first-order chi connectivity index (χ1) is 8.69. The van der Waals surface area contributed by atoms with Gasteiger partial charge in [0.2, 0.25) is 5.82 Å². The monoisotopic (exact) mass is 356 g/mol. The quantitative estimate of drug-likeness (QED) is 0.828. The van der Waals surface area contributed by atoms with Gasteiger partial charge in [-0.1, -0.05) is 6.92 Å². The van der Waals surface area contributed by atoms with Gasteiger partial charge in [-0.15, -0.1) is 5.10 Å². The van der Waals surface area contributed by atoms with Gasteiger partial charge in [-0.25, -0.2) is 4.98 Å². The van der Waals surface area contributed by atoms with Crippen LogP contribution in [0.15, 0.2) is 24.3 Å². The zero-order valence-electron chi connectivity index (χ0n) is 9.90. The summed E-state index contributed by atoms with van der Waals surface area (Å²) in [6.07, 6.45) is 1.76. The first-order valence-corrected chi connectivity index (χ1v) is 6.75. The highest BCUT2D eigenvalue weighted by Gasteiger charge is 2.12. The SMILES string of the molecule is CCCc1nc(C(=O)Nc2ccc(I)cc2)n[nH]1. The highest BCUT2D eigenvalue weighted by atomic mass is 127. The van der Waals surface area contributed by atoms with Crippen LogP contribution in [0.5, 0.6) is 0 Å². The lowest BCUT2D eigenvalue weighted by Crippen LogP contribution is -2.13. The van der Waals surface area contributed by atoms with E-state index < -0.39 is 0 Å². The van der Waals surface area contributed by atoms with Crippen molar-refractivity contribution in [3.05, 3.63) is 39.5 Å². The zero-order valence-corrected chi connectivity index (χ0v) is 12.1. The molecule has 0 aliphatic carbocycles. The van der Waals surface area contributed by atoms with Crippen molar-refractivity contribution in [2.45, 2.75) is 19.8 Å². The molecule has 2 rings (SSSR count). The number of carbonyl (C=O) groups excluding carboxylic acids is 1. The number of anilines is 1. The molecule has 0 bridgehead atoms. The number of aromatic amines is 1. The summed E-state index contributed by atoms with van der Waals surface area (Å²) in [6.45, 7) is 2.05. The fourth-order valence-corrected chi connectivity index (χ4v) is 1.83. The highest BCUT2D eigenvalue weighted by Crippen LogP contribution is 2.11. The predicted molar refractivity (Wildman–Crippen MR) is 77.5 cm³/mol. The van der Waals surface area contributed by atoms with E-state index in [0.29, 0.717) is 0 Å². The molecule has 0 atom stereocenters. The van der Waals surface area contributed by atoms with Gasteiger partial charge in [0.1, 0.15) is 5.82 Å². The number of halogens is 1. The molecular formula is C12H13IN4O. The number of carbonyl (C=O) groups is 1. The second-order valence-electron chi connectivity index (χ2n) is 3.82. The van der Waals surface area contributed by atoms with Gasteiger partial charge in [-0.2, -0.15) is 0 Å². The van der Waals surface area contributed by atoms with Gasteiger partial charge in [-0.3, -0.25) is 9.89 Å². The van der Waals surface area contributed by atoms with Crippen molar-refractivity contribution in [1.29, 1.82) is 0 Å². The summed E-state index contributed by atoms with van der Waals surface area (Å²) in [5.74, 6) is 0.622. The molecule has 2 aromatic rings. The largest absolute Gasteiger partial charge is 0.319 e. The molecule has 0 spiro atoms. The number of H-pyrrole nitrogens is 1. The number of aryl methyl sites for hydroxylation is 1. The first kappa shape index (κ1) is 13.0. The van der Waals surface area contributed by atoms with Gasteiger partial charge >= 0.3 is 0 Å². The Morgan fingerprint density at radius 1 is 1.39 bits per heavy atom. The van der Waals surface area contributed by atoms with Gasteiger partial charge in [0.15, 0.2) is 0 Å². The van der Waals surface area contributed by atoms with Crippen LogP contribution >= 0.6 is 22.6 Å². The molecule has 5 nitrogen and oxygen atoms in total. The Balaban J connectivity index is 2.04. The van der Waals surface area contributed by atoms with Crippen molar-refractivity contribution in [1.82, 2.24) is 15.2 Å². The van der Waals surface area contributed by atoms with Crippen LogP contribution in [0, 0.1) is 3.57 Å². The number of hydrogen-bond acceptors (Lipinski definition) is 3. The molecule has 94 valence electrons. The topological polar surface area (TPSA) is 70.7 Å². The Hall–Kier alpha value is -1.44. The smallest absolute Gasteiger partial charge is 0.295 e. The van der Waals surface area contributed by atoms with E-state index in [1.807, 2.05) is 31.2 Å². The van der Waals surface area contributed by atoms with Crippen LogP contribution in [0.25, 0.3) is 0 Å². The average molecular weight is 356 g/mol. The van der Waals surface area contributed by atoms with Gasteiger partial charge in [-0.05, 0) is 53.3 Å². The lowest BCUT2D eigenvalue weighted by molar-refractivity contribution is 0.101. The van der Waals surface area contributed by atoms with Crippen molar-refractivity contribution in [3.8, 4) is 0 Å². The molecule has 0 saturated heterocycles. The van der Waals surface area contributed by atoms with Crippen LogP contribution < -0.4 is 5.32 Å². The molecule has 1 amide bonds. The van der Waals surface area contributed by atoms with Crippen LogP contribution in [0.4, 0.5) is 5.69 Å². The van der Waals surface area contributed by atoms with E-state index in [4.69, 9.17) is 0 Å². The molecule has 0 fully saturated rings. The Kier molecular flexibility index (Phi) is 4.29. The van der Waals surface area contributed by atoms with E-state index in [1.54, 1.807) is 0 Å². The van der Waals surface area contributed by atoms with E-state index in [2.05, 4.69) is 43.1 Å². The molecule has 0 radical (unpaired) electrons. The van der Waals surface area contributed by atoms with E-state index in [1.165, 1.54) is 0 Å². The van der Waals surface area contributed by atoms with Crippen LogP contribution in [-0.2, 0) is 6.42 Å². The molecule has 1 aromatic heterocycles. The fourth-order valence-electron chi connectivity index (χ4n) is 1.47. The normalized spacial score (nSPS) is 10.3. The maximum absolute atomic E-state index is 11.9. The molecule has 6 heteroatoms. The minimum Gasteiger partial charge on any atom is -0.319 e. The number of amides is 1. The average Bonchev–Trinajstić information content (AvgIpc) is 2.81. The minimum atomic E-state index is -0.296. The van der Waals surface area contributed by atoms with E-state index in [9.17, 15) is 4.79 Å². The molecule has 0 aliphatic rings. The standard InChI is InChI=1S/C12H13IN4O/c1-2-3-10-15-11(17-16-10)12(18)14-9-6-4-8(13)5-7-9/h4-7H,2-3H2,1H3,(H,14,18)(H,15,16,17). The second kappa shape index (κ2) is 5.94. The maximum Gasteiger partial charge on any atom is 0.295 e. The van der Waals surface area contributed by atoms with Crippen molar-refractivity contribution in [2.24, 2.45) is 0 Å². The van der Waals surface area contributed by atoms with Gasteiger partial charge in [0.25, 0.3) is 5.91 Å². The van der Waals surface area contributed by atoms with E-state index in [-0.39, 0.29) is 11.7 Å². The molecule has 0 saturated carbocycles. The predicted octanol–water partition coefficient (Wildman–Crippen LogP) is 2.61. The number of nitrogens with zero attached hydrogens (tertiary/aromatic N) is 2. The van der Waals surface area contributed by atoms with Gasteiger partial charge in [0, 0.05) is 15.7 Å². The molecular weight excluding hydrogens is 343 g/mol. The fraction of sp³-hybridized carbons (Fsp3) is 0.250. The number of nitrogens with one attached hydrogen (secondary N) is 2. The zero-order chi connectivity index (χ0) is 13.0. The van der Waals surface area contributed by atoms with E-state index >= 15 is 0 Å². The molecule has 2 N–H and O–H groups in total. The number of rotatable bonds is 4. The number of benzene rings is 1. The Morgan fingerprint density at radius 3 is 2.78 bits per heavy atom. The summed E-state index contributed by atoms with van der Waals surface area (Å²) < 4.78 is 1.12. The van der Waals surface area contributed by atoms with E-state index in [0.717, 1.165) is 27.9 Å². The van der Waals surface area contributed by atoms with Gasteiger partial charge < -0.3 is 5.32 Å². The van der Waals surface area contributed by atoms with Crippen molar-refractivity contribution >= 4 is 34.2 Å². The van der Waals surface area contributed by atoms with Crippen molar-refractivity contribution in [2.75, 3.05) is 5.32 Å². The Labute approximate surface area is 119 Å². The summed E-state index contributed by atoms with van der Waals surface area (Å²) in [5.41, 5.74) is 0.738. The molecule has 1 heterocycles. The molecule has 1 aromatic carbocycles. The summed E-state index contributed by atoms with van der Waals surface area (Å²) in [6, 6.07) is 7.55. The Morgan fingerprint density at radius 2 is 2.11 bits per heavy atom. The maximum atomic E-state index is 11.9. The number of hydrogen-bond donors (Lipinski definition) is 2. The Bertz CT molecular complexity index is 535. The van der Waals surface area contributed by atoms with Crippen LogP contribution in [0.3, 0.4) is 0 Å². The van der Waals surface area contributed by atoms with Gasteiger partial charge in [0.05, 0.1) is 0 Å². The minimum absolute atomic E-state index is 0.178. The third-order valence-electron chi connectivity index (χ3n) is 2.32. The summed E-state index contributed by atoms with van der Waals surface area (Å²) in [5, 5.41) is 9.41. The summed E-state index contributed by atoms with van der Waals surface area (Å²) in [4.78, 5) is 16.0. The number of aromatic nitrogens is 3. The lowest BCUT2D eigenvalue weighted by atomic mass is 10.3. The first-order valence-electron chi connectivity index (χ1n) is 5.67. The van der Waals surface area contributed by atoms with Crippen LogP contribution in [0.1, 0.15) is 29.8 Å². The second-order valence-corrected chi connectivity index (χ2v) is 5.06. The molecule has 0 unspecified atom stereocenters. The van der Waals surface area contributed by atoms with Crippen molar-refractivity contribution < 1.29 is 4.79 Å². The summed E-state index contributed by atoms with van der Waals surface area (Å²) >= 11 is 2.21. The molecule has 0 aliphatic heterocycles. The van der Waals surface area contributed by atoms with Crippen LogP contribution in [-0.4, -0.2) is 21.1 Å². The lowest BCUT2D eigenvalue weighted by Gasteiger charge is -2.01. The third-order valence-corrected chi connectivity index (χ3v) is 3.04. The molecule has 18 heavy (non-hydrogen) atoms.